The SMILES string of the molecule is Cc1cnc(OCC(C)(C)C(=O)N[C@H]2CN(C)C[C@@H]2C)c(C)c1. The van der Waals surface area contributed by atoms with Gasteiger partial charge in [-0.1, -0.05) is 6.92 Å². The fraction of sp³-hybridized carbons (Fsp3) is 0.667. The van der Waals surface area contributed by atoms with E-state index in [0.717, 1.165) is 24.2 Å². The second-order valence-corrected chi connectivity index (χ2v) is 7.59. The van der Waals surface area contributed by atoms with Crippen molar-refractivity contribution in [3.63, 3.8) is 0 Å². The average molecular weight is 319 g/mol. The van der Waals surface area contributed by atoms with Gasteiger partial charge in [0.2, 0.25) is 11.8 Å². The van der Waals surface area contributed by atoms with Gasteiger partial charge in [0.15, 0.2) is 0 Å². The Hall–Kier alpha value is -1.62. The van der Waals surface area contributed by atoms with Crippen molar-refractivity contribution in [3.8, 4) is 5.88 Å². The van der Waals surface area contributed by atoms with Crippen LogP contribution in [0.5, 0.6) is 5.88 Å². The van der Waals surface area contributed by atoms with Gasteiger partial charge in [0.25, 0.3) is 0 Å². The average Bonchev–Trinajstić information content (AvgIpc) is 2.75. The summed E-state index contributed by atoms with van der Waals surface area (Å²) in [7, 11) is 2.09. The van der Waals surface area contributed by atoms with E-state index in [4.69, 9.17) is 4.74 Å². The molecule has 0 aliphatic carbocycles. The zero-order chi connectivity index (χ0) is 17.2. The summed E-state index contributed by atoms with van der Waals surface area (Å²) in [4.78, 5) is 19.2. The molecule has 1 amide bonds. The maximum absolute atomic E-state index is 12.6. The third-order valence-electron chi connectivity index (χ3n) is 4.46. The lowest BCUT2D eigenvalue weighted by atomic mass is 9.92. The van der Waals surface area contributed by atoms with Crippen LogP contribution in [0.3, 0.4) is 0 Å². The molecule has 0 bridgehead atoms. The Kier molecular flexibility index (Phi) is 5.30. The van der Waals surface area contributed by atoms with Gasteiger partial charge in [-0.25, -0.2) is 4.98 Å². The molecule has 1 saturated heterocycles. The van der Waals surface area contributed by atoms with Crippen LogP contribution in [0.4, 0.5) is 0 Å². The molecule has 2 rings (SSSR count). The number of carbonyl (C=O) groups excluding carboxylic acids is 1. The lowest BCUT2D eigenvalue weighted by Gasteiger charge is -2.27. The van der Waals surface area contributed by atoms with E-state index in [1.165, 1.54) is 0 Å². The number of amides is 1. The quantitative estimate of drug-likeness (QED) is 0.904. The molecule has 5 heteroatoms. The smallest absolute Gasteiger partial charge is 0.229 e. The van der Waals surface area contributed by atoms with Gasteiger partial charge in [-0.2, -0.15) is 0 Å². The van der Waals surface area contributed by atoms with Crippen LogP contribution in [0, 0.1) is 25.2 Å². The Balaban J connectivity index is 1.93. The molecule has 1 fully saturated rings. The summed E-state index contributed by atoms with van der Waals surface area (Å²) in [5, 5.41) is 3.18. The highest BCUT2D eigenvalue weighted by molar-refractivity contribution is 5.82. The number of ether oxygens (including phenoxy) is 1. The molecule has 0 spiro atoms. The van der Waals surface area contributed by atoms with Crippen LogP contribution < -0.4 is 10.1 Å². The molecule has 1 aromatic heterocycles. The van der Waals surface area contributed by atoms with Crippen molar-refractivity contribution in [1.82, 2.24) is 15.2 Å². The highest BCUT2D eigenvalue weighted by atomic mass is 16.5. The molecule has 2 heterocycles. The normalized spacial score (nSPS) is 22.2. The number of hydrogen-bond donors (Lipinski definition) is 1. The molecule has 0 saturated carbocycles. The molecule has 23 heavy (non-hydrogen) atoms. The number of aryl methyl sites for hydroxylation is 2. The van der Waals surface area contributed by atoms with Gasteiger partial charge in [0.05, 0.1) is 5.41 Å². The summed E-state index contributed by atoms with van der Waals surface area (Å²) in [6.45, 7) is 12.2. The van der Waals surface area contributed by atoms with Gasteiger partial charge >= 0.3 is 0 Å². The number of rotatable bonds is 5. The maximum atomic E-state index is 12.6. The van der Waals surface area contributed by atoms with Gasteiger partial charge in [-0.3, -0.25) is 4.79 Å². The third-order valence-corrected chi connectivity index (χ3v) is 4.46. The molecular formula is C18H29N3O2. The van der Waals surface area contributed by atoms with Gasteiger partial charge < -0.3 is 15.0 Å². The Bertz CT molecular complexity index is 571. The lowest BCUT2D eigenvalue weighted by Crippen LogP contribution is -2.48. The zero-order valence-electron chi connectivity index (χ0n) is 15.1. The molecule has 0 aromatic carbocycles. The number of nitrogens with one attached hydrogen (secondary N) is 1. The van der Waals surface area contributed by atoms with Crippen molar-refractivity contribution >= 4 is 5.91 Å². The number of aromatic nitrogens is 1. The van der Waals surface area contributed by atoms with Crippen LogP contribution in [0.15, 0.2) is 12.3 Å². The highest BCUT2D eigenvalue weighted by Crippen LogP contribution is 2.22. The van der Waals surface area contributed by atoms with Crippen LogP contribution >= 0.6 is 0 Å². The minimum absolute atomic E-state index is 0.0365. The Morgan fingerprint density at radius 2 is 2.13 bits per heavy atom. The first kappa shape index (κ1) is 17.7. The highest BCUT2D eigenvalue weighted by Gasteiger charge is 2.34. The molecule has 0 radical (unpaired) electrons. The first-order chi connectivity index (χ1) is 10.7. The number of carbonyl (C=O) groups is 1. The minimum Gasteiger partial charge on any atom is -0.476 e. The Morgan fingerprint density at radius 3 is 2.70 bits per heavy atom. The minimum atomic E-state index is -0.597. The summed E-state index contributed by atoms with van der Waals surface area (Å²) < 4.78 is 5.81. The third kappa shape index (κ3) is 4.44. The standard InChI is InChI=1S/C18H29N3O2/c1-12-7-13(2)16(19-8-12)23-11-18(4,5)17(22)20-15-10-21(6)9-14(15)3/h7-8,14-15H,9-11H2,1-6H3,(H,20,22)/t14-,15-/m0/s1. The van der Waals surface area contributed by atoms with Gasteiger partial charge in [-0.15, -0.1) is 0 Å². The predicted octanol–water partition coefficient (Wildman–Crippen LogP) is 2.17. The van der Waals surface area contributed by atoms with Crippen LogP contribution in [0.25, 0.3) is 0 Å². The zero-order valence-corrected chi connectivity index (χ0v) is 15.1. The number of likely N-dealkylation sites (N-methyl/N-ethyl adjacent to an activating group) is 1. The fourth-order valence-corrected chi connectivity index (χ4v) is 2.93. The van der Waals surface area contributed by atoms with E-state index in [-0.39, 0.29) is 11.9 Å². The van der Waals surface area contributed by atoms with Crippen LogP contribution in [-0.2, 0) is 4.79 Å². The molecule has 5 nitrogen and oxygen atoms in total. The summed E-state index contributed by atoms with van der Waals surface area (Å²) in [5.41, 5.74) is 1.50. The molecule has 0 unspecified atom stereocenters. The molecule has 1 aliphatic rings. The molecule has 1 N–H and O–H groups in total. The lowest BCUT2D eigenvalue weighted by molar-refractivity contribution is -0.131. The molecule has 128 valence electrons. The Morgan fingerprint density at radius 1 is 1.43 bits per heavy atom. The van der Waals surface area contributed by atoms with Crippen molar-refractivity contribution in [2.75, 3.05) is 26.7 Å². The summed E-state index contributed by atoms with van der Waals surface area (Å²) >= 11 is 0. The largest absolute Gasteiger partial charge is 0.476 e. The fourth-order valence-electron chi connectivity index (χ4n) is 2.93. The maximum Gasteiger partial charge on any atom is 0.229 e. The van der Waals surface area contributed by atoms with Crippen molar-refractivity contribution in [2.45, 2.75) is 40.7 Å². The number of hydrogen-bond acceptors (Lipinski definition) is 4. The van der Waals surface area contributed by atoms with Gasteiger partial charge in [0.1, 0.15) is 6.61 Å². The monoisotopic (exact) mass is 319 g/mol. The van der Waals surface area contributed by atoms with E-state index in [0.29, 0.717) is 18.4 Å². The van der Waals surface area contributed by atoms with Crippen molar-refractivity contribution in [1.29, 1.82) is 0 Å². The van der Waals surface area contributed by atoms with E-state index in [9.17, 15) is 4.79 Å². The molecule has 1 aliphatic heterocycles. The van der Waals surface area contributed by atoms with E-state index in [2.05, 4.69) is 29.2 Å². The van der Waals surface area contributed by atoms with E-state index in [1.807, 2.05) is 33.8 Å². The topological polar surface area (TPSA) is 54.5 Å². The number of likely N-dealkylation sites (tertiary alicyclic amines) is 1. The van der Waals surface area contributed by atoms with E-state index < -0.39 is 5.41 Å². The van der Waals surface area contributed by atoms with Crippen molar-refractivity contribution in [2.24, 2.45) is 11.3 Å². The van der Waals surface area contributed by atoms with Crippen LogP contribution in [0.2, 0.25) is 0 Å². The number of nitrogens with zero attached hydrogens (tertiary/aromatic N) is 2. The Labute approximate surface area is 139 Å². The van der Waals surface area contributed by atoms with Crippen molar-refractivity contribution in [3.05, 3.63) is 23.4 Å². The summed E-state index contributed by atoms with van der Waals surface area (Å²) in [6.07, 6.45) is 1.78. The predicted molar refractivity (Wildman–Crippen MR) is 91.6 cm³/mol. The summed E-state index contributed by atoms with van der Waals surface area (Å²) in [6, 6.07) is 2.25. The van der Waals surface area contributed by atoms with E-state index in [1.54, 1.807) is 6.20 Å². The molecule has 1 aromatic rings. The van der Waals surface area contributed by atoms with Gasteiger partial charge in [-0.05, 0) is 52.3 Å². The first-order valence-electron chi connectivity index (χ1n) is 8.24. The second kappa shape index (κ2) is 6.87. The van der Waals surface area contributed by atoms with Crippen LogP contribution in [-0.4, -0.2) is 48.6 Å². The second-order valence-electron chi connectivity index (χ2n) is 7.59. The van der Waals surface area contributed by atoms with Crippen molar-refractivity contribution < 1.29 is 9.53 Å². The first-order valence-corrected chi connectivity index (χ1v) is 8.24. The van der Waals surface area contributed by atoms with E-state index >= 15 is 0 Å². The molecule has 2 atom stereocenters. The summed E-state index contributed by atoms with van der Waals surface area (Å²) in [5.74, 6) is 1.11. The molecular weight excluding hydrogens is 290 g/mol. The number of pyridine rings is 1. The van der Waals surface area contributed by atoms with Gasteiger partial charge in [0, 0.05) is 30.9 Å². The van der Waals surface area contributed by atoms with Crippen LogP contribution in [0.1, 0.15) is 31.9 Å².